The number of fused-ring (bicyclic) bond motifs is 1. The van der Waals surface area contributed by atoms with Crippen LogP contribution in [0.1, 0.15) is 38.2 Å². The number of nitrogens with zero attached hydrogens (tertiary/aromatic N) is 2. The second-order valence-corrected chi connectivity index (χ2v) is 5.74. The van der Waals surface area contributed by atoms with Crippen LogP contribution < -0.4 is 10.6 Å². The average molecular weight is 282 g/mol. The molecule has 1 aliphatic rings. The molecule has 110 valence electrons. The summed E-state index contributed by atoms with van der Waals surface area (Å²) in [6, 6.07) is 10.6. The highest BCUT2D eigenvalue weighted by molar-refractivity contribution is 6.03. The molecule has 0 saturated heterocycles. The quantitative estimate of drug-likeness (QED) is 0.631. The number of nitrogens with two attached hydrogens (primary N) is 1. The molecular formula is C17H22N4. The fourth-order valence-corrected chi connectivity index (χ4v) is 2.70. The summed E-state index contributed by atoms with van der Waals surface area (Å²) in [5.41, 5.74) is 7.54. The van der Waals surface area contributed by atoms with Gasteiger partial charge in [-0.3, -0.25) is 5.41 Å². The summed E-state index contributed by atoms with van der Waals surface area (Å²) in [5.74, 6) is 0.988. The molecule has 0 spiro atoms. The highest BCUT2D eigenvalue weighted by Gasteiger charge is 2.31. The van der Waals surface area contributed by atoms with E-state index in [2.05, 4.69) is 11.8 Å². The molecule has 0 atom stereocenters. The van der Waals surface area contributed by atoms with E-state index >= 15 is 0 Å². The Morgan fingerprint density at radius 3 is 2.81 bits per heavy atom. The smallest absolute Gasteiger partial charge is 0.140 e. The van der Waals surface area contributed by atoms with Crippen molar-refractivity contribution in [1.82, 2.24) is 4.98 Å². The van der Waals surface area contributed by atoms with Crippen molar-refractivity contribution in [2.75, 3.05) is 11.4 Å². The molecule has 0 amide bonds. The summed E-state index contributed by atoms with van der Waals surface area (Å²) in [7, 11) is 0. The Bertz CT molecular complexity index is 661. The van der Waals surface area contributed by atoms with Crippen molar-refractivity contribution in [3.8, 4) is 0 Å². The molecule has 1 heterocycles. The first-order valence-corrected chi connectivity index (χ1v) is 7.71. The summed E-state index contributed by atoms with van der Waals surface area (Å²) < 4.78 is 0. The van der Waals surface area contributed by atoms with Gasteiger partial charge >= 0.3 is 0 Å². The predicted molar refractivity (Wildman–Crippen MR) is 88.0 cm³/mol. The first-order valence-electron chi connectivity index (χ1n) is 7.71. The van der Waals surface area contributed by atoms with Crippen LogP contribution in [0.5, 0.6) is 0 Å². The van der Waals surface area contributed by atoms with E-state index in [4.69, 9.17) is 16.1 Å². The second-order valence-electron chi connectivity index (χ2n) is 5.74. The van der Waals surface area contributed by atoms with Crippen molar-refractivity contribution >= 4 is 22.6 Å². The third kappa shape index (κ3) is 2.84. The number of rotatable bonds is 6. The topological polar surface area (TPSA) is 66.0 Å². The van der Waals surface area contributed by atoms with Crippen molar-refractivity contribution in [1.29, 1.82) is 5.41 Å². The minimum absolute atomic E-state index is 0.102. The molecule has 1 aromatic carbocycles. The van der Waals surface area contributed by atoms with E-state index in [1.165, 1.54) is 12.8 Å². The van der Waals surface area contributed by atoms with Crippen molar-refractivity contribution in [3.05, 3.63) is 35.9 Å². The number of pyridine rings is 1. The van der Waals surface area contributed by atoms with Crippen LogP contribution in [0.4, 0.5) is 5.82 Å². The lowest BCUT2D eigenvalue weighted by atomic mass is 10.1. The number of para-hydroxylation sites is 1. The maximum Gasteiger partial charge on any atom is 0.140 e. The van der Waals surface area contributed by atoms with E-state index in [0.29, 0.717) is 6.04 Å². The summed E-state index contributed by atoms with van der Waals surface area (Å²) in [5, 5.41) is 8.93. The molecular weight excluding hydrogens is 260 g/mol. The SMILES string of the molecule is CCCCN(c1nc2ccccc2cc1C(=N)N)C1CC1. The number of aromatic nitrogens is 1. The van der Waals surface area contributed by atoms with E-state index in [0.717, 1.165) is 41.7 Å². The third-order valence-corrected chi connectivity index (χ3v) is 4.01. The van der Waals surface area contributed by atoms with Gasteiger partial charge in [0.05, 0.1) is 11.1 Å². The molecule has 21 heavy (non-hydrogen) atoms. The van der Waals surface area contributed by atoms with Gasteiger partial charge < -0.3 is 10.6 Å². The van der Waals surface area contributed by atoms with Crippen LogP contribution in [-0.2, 0) is 0 Å². The number of hydrogen-bond donors (Lipinski definition) is 2. The first-order chi connectivity index (χ1) is 10.2. The van der Waals surface area contributed by atoms with Gasteiger partial charge in [-0.2, -0.15) is 0 Å². The zero-order valence-corrected chi connectivity index (χ0v) is 12.5. The lowest BCUT2D eigenvalue weighted by molar-refractivity contribution is 0.705. The fraction of sp³-hybridized carbons (Fsp3) is 0.412. The number of anilines is 1. The van der Waals surface area contributed by atoms with Crippen molar-refractivity contribution in [3.63, 3.8) is 0 Å². The fourth-order valence-electron chi connectivity index (χ4n) is 2.70. The maximum absolute atomic E-state index is 7.89. The van der Waals surface area contributed by atoms with Gasteiger partial charge in [0.1, 0.15) is 11.7 Å². The normalized spacial score (nSPS) is 14.3. The van der Waals surface area contributed by atoms with E-state index in [-0.39, 0.29) is 5.84 Å². The Morgan fingerprint density at radius 2 is 2.14 bits per heavy atom. The Kier molecular flexibility index (Phi) is 3.78. The zero-order chi connectivity index (χ0) is 14.8. The minimum Gasteiger partial charge on any atom is -0.384 e. The molecule has 3 N–H and O–H groups in total. The van der Waals surface area contributed by atoms with Gasteiger partial charge in [-0.05, 0) is 31.4 Å². The average Bonchev–Trinajstić information content (AvgIpc) is 3.31. The Balaban J connectivity index is 2.09. The van der Waals surface area contributed by atoms with Crippen LogP contribution in [-0.4, -0.2) is 23.4 Å². The zero-order valence-electron chi connectivity index (χ0n) is 12.5. The molecule has 2 aromatic rings. The molecule has 1 saturated carbocycles. The van der Waals surface area contributed by atoms with Crippen LogP contribution in [0.2, 0.25) is 0 Å². The second kappa shape index (κ2) is 5.72. The molecule has 1 fully saturated rings. The van der Waals surface area contributed by atoms with Gasteiger partial charge in [0.25, 0.3) is 0 Å². The molecule has 4 nitrogen and oxygen atoms in total. The van der Waals surface area contributed by atoms with E-state index in [9.17, 15) is 0 Å². The van der Waals surface area contributed by atoms with Crippen LogP contribution in [0.15, 0.2) is 30.3 Å². The van der Waals surface area contributed by atoms with Crippen LogP contribution in [0.3, 0.4) is 0 Å². The van der Waals surface area contributed by atoms with Gasteiger partial charge in [0, 0.05) is 18.0 Å². The highest BCUT2D eigenvalue weighted by Crippen LogP contribution is 2.34. The van der Waals surface area contributed by atoms with E-state index in [1.54, 1.807) is 0 Å². The molecule has 3 rings (SSSR count). The molecule has 1 aliphatic carbocycles. The van der Waals surface area contributed by atoms with Gasteiger partial charge in [-0.15, -0.1) is 0 Å². The lowest BCUT2D eigenvalue weighted by Crippen LogP contribution is -2.30. The molecule has 1 aromatic heterocycles. The van der Waals surface area contributed by atoms with E-state index in [1.807, 2.05) is 30.3 Å². The summed E-state index contributed by atoms with van der Waals surface area (Å²) in [4.78, 5) is 7.17. The van der Waals surface area contributed by atoms with Crippen LogP contribution in [0.25, 0.3) is 10.9 Å². The Hall–Kier alpha value is -2.10. The van der Waals surface area contributed by atoms with Gasteiger partial charge in [0.15, 0.2) is 0 Å². The monoisotopic (exact) mass is 282 g/mol. The van der Waals surface area contributed by atoms with Gasteiger partial charge in [-0.1, -0.05) is 31.5 Å². The lowest BCUT2D eigenvalue weighted by Gasteiger charge is -2.26. The van der Waals surface area contributed by atoms with Gasteiger partial charge in [0.2, 0.25) is 0 Å². The minimum atomic E-state index is 0.102. The highest BCUT2D eigenvalue weighted by atomic mass is 15.2. The number of nitrogen functional groups attached to an aromatic ring is 1. The first kappa shape index (κ1) is 13.9. The number of nitrogens with one attached hydrogen (secondary N) is 1. The molecule has 0 bridgehead atoms. The molecule has 0 radical (unpaired) electrons. The molecule has 0 aliphatic heterocycles. The number of benzene rings is 1. The molecule has 0 unspecified atom stereocenters. The third-order valence-electron chi connectivity index (χ3n) is 4.01. The number of unbranched alkanes of at least 4 members (excludes halogenated alkanes) is 1. The predicted octanol–water partition coefficient (Wildman–Crippen LogP) is 3.29. The number of amidine groups is 1. The maximum atomic E-state index is 7.89. The van der Waals surface area contributed by atoms with Crippen molar-refractivity contribution in [2.24, 2.45) is 5.73 Å². The molecule has 4 heteroatoms. The van der Waals surface area contributed by atoms with E-state index < -0.39 is 0 Å². The summed E-state index contributed by atoms with van der Waals surface area (Å²) >= 11 is 0. The van der Waals surface area contributed by atoms with Crippen LogP contribution >= 0.6 is 0 Å². The standard InChI is InChI=1S/C17H22N4/c1-2-3-10-21(13-8-9-13)17-14(16(18)19)11-12-6-4-5-7-15(12)20-17/h4-7,11,13H,2-3,8-10H2,1H3,(H3,18,19). The largest absolute Gasteiger partial charge is 0.384 e. The van der Waals surface area contributed by atoms with Crippen molar-refractivity contribution in [2.45, 2.75) is 38.6 Å². The summed E-state index contributed by atoms with van der Waals surface area (Å²) in [6.45, 7) is 3.19. The summed E-state index contributed by atoms with van der Waals surface area (Å²) in [6.07, 6.45) is 4.74. The Labute approximate surface area is 125 Å². The number of hydrogen-bond acceptors (Lipinski definition) is 3. The van der Waals surface area contributed by atoms with Gasteiger partial charge in [-0.25, -0.2) is 4.98 Å². The van der Waals surface area contributed by atoms with Crippen molar-refractivity contribution < 1.29 is 0 Å². The Morgan fingerprint density at radius 1 is 1.38 bits per heavy atom. The van der Waals surface area contributed by atoms with Crippen LogP contribution in [0, 0.1) is 5.41 Å².